The molecule has 0 heterocycles. The van der Waals surface area contributed by atoms with Crippen LogP contribution in [-0.2, 0) is 14.3 Å². The molecule has 0 aromatic rings. The first-order chi connectivity index (χ1) is 18.1. The Kier molecular flexibility index (Phi) is 24.2. The van der Waals surface area contributed by atoms with Crippen molar-refractivity contribution < 1.29 is 23.9 Å². The van der Waals surface area contributed by atoms with E-state index in [4.69, 9.17) is 4.74 Å². The summed E-state index contributed by atoms with van der Waals surface area (Å²) in [5.74, 6) is -0.594. The van der Waals surface area contributed by atoms with Crippen molar-refractivity contribution in [3.05, 3.63) is 0 Å². The summed E-state index contributed by atoms with van der Waals surface area (Å²) >= 11 is 0. The van der Waals surface area contributed by atoms with E-state index in [1.54, 1.807) is 0 Å². The number of unbranched alkanes of at least 4 members (excludes halogenated alkanes) is 17. The fourth-order valence-electron chi connectivity index (χ4n) is 5.31. The average molecular weight is 540 g/mol. The first-order valence-electron chi connectivity index (χ1n) is 16.3. The van der Waals surface area contributed by atoms with Crippen LogP contribution >= 0.6 is 0 Å². The third-order valence-electron chi connectivity index (χ3n) is 7.57. The maximum absolute atomic E-state index is 12.1. The summed E-state index contributed by atoms with van der Waals surface area (Å²) in [6.45, 7) is 5.18. The maximum atomic E-state index is 12.1. The second-order valence-corrected chi connectivity index (χ2v) is 13.0. The molecule has 0 rings (SSSR count). The van der Waals surface area contributed by atoms with Crippen molar-refractivity contribution in [2.45, 2.75) is 168 Å². The monoisotopic (exact) mass is 539 g/mol. The van der Waals surface area contributed by atoms with E-state index in [1.165, 1.54) is 116 Å². The third-order valence-corrected chi connectivity index (χ3v) is 7.57. The van der Waals surface area contributed by atoms with E-state index in [9.17, 15) is 14.7 Å². The van der Waals surface area contributed by atoms with Gasteiger partial charge in [-0.25, -0.2) is 0 Å². The quantitative estimate of drug-likeness (QED) is 0.0574. The van der Waals surface area contributed by atoms with Crippen LogP contribution in [0.3, 0.4) is 0 Å². The van der Waals surface area contributed by atoms with Gasteiger partial charge >= 0.3 is 5.97 Å². The van der Waals surface area contributed by atoms with Gasteiger partial charge in [-0.3, -0.25) is 4.79 Å². The highest BCUT2D eigenvalue weighted by molar-refractivity contribution is 5.70. The summed E-state index contributed by atoms with van der Waals surface area (Å²) < 4.78 is 5.96. The number of hydrogen-bond acceptors (Lipinski definition) is 4. The zero-order valence-corrected chi connectivity index (χ0v) is 26.2. The Bertz CT molecular complexity index is 558. The highest BCUT2D eigenvalue weighted by Gasteiger charge is 2.22. The molecule has 0 aliphatic heterocycles. The number of esters is 1. The number of carbonyl (C=O) groups excluding carboxylic acids is 2. The molecule has 0 saturated carbocycles. The molecule has 0 spiro atoms. The Hall–Kier alpha value is -1.10. The number of aliphatic carboxylic acids is 1. The number of carboxylic acid groups (broad SMARTS) is 1. The highest BCUT2D eigenvalue weighted by atomic mass is 16.5. The molecule has 0 amide bonds. The highest BCUT2D eigenvalue weighted by Crippen LogP contribution is 2.19. The number of nitrogens with zero attached hydrogens (tertiary/aromatic N) is 1. The molecule has 5 nitrogen and oxygen atoms in total. The van der Waals surface area contributed by atoms with Gasteiger partial charge in [0.1, 0.15) is 6.54 Å². The smallest absolute Gasteiger partial charge is 0.306 e. The molecule has 0 aliphatic carbocycles. The Labute approximate surface area is 237 Å². The van der Waals surface area contributed by atoms with Gasteiger partial charge in [-0.2, -0.15) is 0 Å². The van der Waals surface area contributed by atoms with E-state index in [1.807, 2.05) is 21.1 Å². The molecule has 0 N–H and O–H groups in total. The fourth-order valence-corrected chi connectivity index (χ4v) is 5.31. The summed E-state index contributed by atoms with van der Waals surface area (Å²) in [4.78, 5) is 23.1. The summed E-state index contributed by atoms with van der Waals surface area (Å²) in [6, 6.07) is 0. The van der Waals surface area contributed by atoms with Crippen LogP contribution in [0, 0.1) is 5.92 Å². The predicted molar refractivity (Wildman–Crippen MR) is 159 cm³/mol. The molecule has 0 aliphatic rings. The van der Waals surface area contributed by atoms with Gasteiger partial charge in [0.25, 0.3) is 0 Å². The molecule has 38 heavy (non-hydrogen) atoms. The van der Waals surface area contributed by atoms with Gasteiger partial charge in [-0.05, 0) is 12.3 Å². The molecule has 0 radical (unpaired) electrons. The van der Waals surface area contributed by atoms with Crippen LogP contribution in [0.5, 0.6) is 0 Å². The molecule has 0 aromatic heterocycles. The Morgan fingerprint density at radius 1 is 0.658 bits per heavy atom. The zero-order valence-electron chi connectivity index (χ0n) is 26.2. The van der Waals surface area contributed by atoms with Crippen LogP contribution in [0.15, 0.2) is 0 Å². The molecule has 2 atom stereocenters. The van der Waals surface area contributed by atoms with Crippen molar-refractivity contribution in [2.75, 3.05) is 27.7 Å². The molecule has 5 heteroatoms. The van der Waals surface area contributed by atoms with E-state index in [-0.39, 0.29) is 12.4 Å². The minimum absolute atomic E-state index is 0.237. The van der Waals surface area contributed by atoms with Gasteiger partial charge in [0, 0.05) is 18.8 Å². The second kappa shape index (κ2) is 24.9. The Balaban J connectivity index is 3.52. The van der Waals surface area contributed by atoms with Gasteiger partial charge in [-0.1, -0.05) is 142 Å². The average Bonchev–Trinajstić information content (AvgIpc) is 2.82. The first-order valence-corrected chi connectivity index (χ1v) is 16.3. The van der Waals surface area contributed by atoms with Gasteiger partial charge < -0.3 is 19.1 Å². The Morgan fingerprint density at radius 2 is 1.05 bits per heavy atom. The first kappa shape index (κ1) is 36.9. The maximum Gasteiger partial charge on any atom is 0.306 e. The van der Waals surface area contributed by atoms with Crippen LogP contribution in [-0.4, -0.2) is 50.2 Å². The van der Waals surface area contributed by atoms with Crippen LogP contribution < -0.4 is 5.11 Å². The van der Waals surface area contributed by atoms with Gasteiger partial charge in [0.05, 0.1) is 21.1 Å². The van der Waals surface area contributed by atoms with E-state index in [0.29, 0.717) is 17.4 Å². The van der Waals surface area contributed by atoms with E-state index in [0.717, 1.165) is 25.2 Å². The molecular formula is C33H65NO4. The van der Waals surface area contributed by atoms with Crippen molar-refractivity contribution in [1.29, 1.82) is 0 Å². The standard InChI is InChI=1S/C33H65NO4/c1-6-7-8-9-10-11-12-13-14-16-19-22-25-30(2)26-23-20-17-15-18-21-24-27-33(37)38-31(28-32(35)36)29-34(3,4)5/h30-31H,6-29H2,1-5H3. The lowest BCUT2D eigenvalue weighted by molar-refractivity contribution is -0.873. The van der Waals surface area contributed by atoms with Crippen molar-refractivity contribution >= 4 is 11.9 Å². The van der Waals surface area contributed by atoms with Crippen molar-refractivity contribution in [3.8, 4) is 0 Å². The molecule has 2 unspecified atom stereocenters. The van der Waals surface area contributed by atoms with Crippen molar-refractivity contribution in [3.63, 3.8) is 0 Å². The lowest BCUT2D eigenvalue weighted by Gasteiger charge is -2.29. The summed E-state index contributed by atoms with van der Waals surface area (Å²) in [5, 5.41) is 10.9. The minimum Gasteiger partial charge on any atom is -0.550 e. The number of likely N-dealkylation sites (N-methyl/N-ethyl adjacent to an activating group) is 1. The van der Waals surface area contributed by atoms with Crippen LogP contribution in [0.4, 0.5) is 0 Å². The van der Waals surface area contributed by atoms with Crippen LogP contribution in [0.25, 0.3) is 0 Å². The van der Waals surface area contributed by atoms with Gasteiger partial charge in [0.2, 0.25) is 0 Å². The predicted octanol–water partition coefficient (Wildman–Crippen LogP) is 7.98. The topological polar surface area (TPSA) is 66.4 Å². The number of carboxylic acids is 1. The fraction of sp³-hybridized carbons (Fsp3) is 0.939. The van der Waals surface area contributed by atoms with E-state index < -0.39 is 12.1 Å². The molecule has 0 fully saturated rings. The van der Waals surface area contributed by atoms with E-state index >= 15 is 0 Å². The number of rotatable bonds is 28. The summed E-state index contributed by atoms with van der Waals surface area (Å²) in [7, 11) is 5.87. The Morgan fingerprint density at radius 3 is 1.45 bits per heavy atom. The molecule has 0 saturated heterocycles. The van der Waals surface area contributed by atoms with Crippen molar-refractivity contribution in [1.82, 2.24) is 0 Å². The molecule has 226 valence electrons. The number of hydrogen-bond donors (Lipinski definition) is 0. The van der Waals surface area contributed by atoms with E-state index in [2.05, 4.69) is 13.8 Å². The summed E-state index contributed by atoms with van der Waals surface area (Å²) in [6.07, 6.45) is 27.6. The molecule has 0 aromatic carbocycles. The lowest BCUT2D eigenvalue weighted by atomic mass is 9.95. The van der Waals surface area contributed by atoms with Gasteiger partial charge in [0.15, 0.2) is 6.10 Å². The molecule has 0 bridgehead atoms. The number of quaternary nitrogens is 1. The second-order valence-electron chi connectivity index (χ2n) is 13.0. The minimum atomic E-state index is -1.17. The van der Waals surface area contributed by atoms with Crippen LogP contribution in [0.2, 0.25) is 0 Å². The summed E-state index contributed by atoms with van der Waals surface area (Å²) in [5.41, 5.74) is 0. The van der Waals surface area contributed by atoms with Crippen LogP contribution in [0.1, 0.15) is 162 Å². The third kappa shape index (κ3) is 27.9. The van der Waals surface area contributed by atoms with Crippen molar-refractivity contribution in [2.24, 2.45) is 5.92 Å². The SMILES string of the molecule is CCCCCCCCCCCCCCC(C)CCCCCCCCCC(=O)OC(CC(=O)[O-])C[N+](C)(C)C. The van der Waals surface area contributed by atoms with Gasteiger partial charge in [-0.15, -0.1) is 0 Å². The zero-order chi connectivity index (χ0) is 28.5. The molecular weight excluding hydrogens is 474 g/mol. The normalized spacial score (nSPS) is 13.4. The lowest BCUT2D eigenvalue weighted by Crippen LogP contribution is -2.45. The number of ether oxygens (including phenoxy) is 1. The largest absolute Gasteiger partial charge is 0.550 e. The number of carbonyl (C=O) groups is 2.